The van der Waals surface area contributed by atoms with Gasteiger partial charge in [0.2, 0.25) is 5.91 Å². The van der Waals surface area contributed by atoms with Crippen LogP contribution in [0.25, 0.3) is 0 Å². The predicted molar refractivity (Wildman–Crippen MR) is 121 cm³/mol. The number of carbonyl (C=O) groups excluding carboxylic acids is 2. The molecule has 0 unspecified atom stereocenters. The van der Waals surface area contributed by atoms with Crippen LogP contribution in [0.1, 0.15) is 34.3 Å². The van der Waals surface area contributed by atoms with E-state index in [1.165, 1.54) is 0 Å². The van der Waals surface area contributed by atoms with Gasteiger partial charge in [0.15, 0.2) is 0 Å². The van der Waals surface area contributed by atoms with Gasteiger partial charge in [0.1, 0.15) is 0 Å². The first-order chi connectivity index (χ1) is 14.6. The lowest BCUT2D eigenvalue weighted by Crippen LogP contribution is -2.15. The minimum Gasteiger partial charge on any atom is -0.326 e. The number of carbonyl (C=O) groups is 2. The van der Waals surface area contributed by atoms with Crippen molar-refractivity contribution >= 4 is 35.0 Å². The molecule has 2 aromatic carbocycles. The number of hydrogen-bond acceptors (Lipinski definition) is 4. The summed E-state index contributed by atoms with van der Waals surface area (Å²) in [6, 6.07) is 17.1. The summed E-state index contributed by atoms with van der Waals surface area (Å²) < 4.78 is 0. The zero-order valence-electron chi connectivity index (χ0n) is 16.7. The summed E-state index contributed by atoms with van der Waals surface area (Å²) in [5, 5.41) is 5.88. The Morgan fingerprint density at radius 1 is 1.07 bits per heavy atom. The van der Waals surface area contributed by atoms with Gasteiger partial charge in [0.25, 0.3) is 5.91 Å². The number of amides is 2. The molecule has 3 aromatic rings. The molecule has 30 heavy (non-hydrogen) atoms. The number of anilines is 2. The molecule has 0 bridgehead atoms. The molecule has 1 aliphatic carbocycles. The van der Waals surface area contributed by atoms with Gasteiger partial charge in [-0.25, -0.2) is 0 Å². The molecule has 5 nitrogen and oxygen atoms in total. The molecular formula is C24H23N3O2S. The summed E-state index contributed by atoms with van der Waals surface area (Å²) in [6.45, 7) is 1.93. The highest BCUT2D eigenvalue weighted by Gasteiger charge is 2.29. The molecule has 1 heterocycles. The molecule has 1 saturated carbocycles. The summed E-state index contributed by atoms with van der Waals surface area (Å²) in [5.41, 5.74) is 4.09. The molecule has 2 N–H and O–H groups in total. The first-order valence-corrected chi connectivity index (χ1v) is 10.9. The molecule has 1 fully saturated rings. The van der Waals surface area contributed by atoms with E-state index < -0.39 is 0 Å². The third kappa shape index (κ3) is 5.27. The van der Waals surface area contributed by atoms with E-state index in [9.17, 15) is 9.59 Å². The number of thioether (sulfide) groups is 1. The van der Waals surface area contributed by atoms with Gasteiger partial charge in [0, 0.05) is 45.9 Å². The van der Waals surface area contributed by atoms with E-state index >= 15 is 0 Å². The zero-order chi connectivity index (χ0) is 20.9. The van der Waals surface area contributed by atoms with Crippen molar-refractivity contribution in [2.45, 2.75) is 30.4 Å². The molecule has 2 amide bonds. The van der Waals surface area contributed by atoms with E-state index in [2.05, 4.69) is 15.6 Å². The topological polar surface area (TPSA) is 71.1 Å². The number of rotatable bonds is 7. The standard InChI is InChI=1S/C24H23N3O2S/c1-16-4-9-20(26-23(28)18-5-6-18)13-22(16)27-24(29)19-7-10-21(11-8-19)30-15-17-3-2-12-25-14-17/h2-4,7-14,18H,5-6,15H2,1H3,(H,26,28)(H,27,29). The van der Waals surface area contributed by atoms with Gasteiger partial charge in [-0.3, -0.25) is 14.6 Å². The fourth-order valence-electron chi connectivity index (χ4n) is 2.97. The van der Waals surface area contributed by atoms with Crippen LogP contribution in [0.3, 0.4) is 0 Å². The summed E-state index contributed by atoms with van der Waals surface area (Å²) in [6.07, 6.45) is 5.54. The lowest BCUT2D eigenvalue weighted by molar-refractivity contribution is -0.117. The second kappa shape index (κ2) is 9.13. The third-order valence-corrected chi connectivity index (χ3v) is 6.03. The highest BCUT2D eigenvalue weighted by atomic mass is 32.2. The van der Waals surface area contributed by atoms with E-state index in [0.29, 0.717) is 16.9 Å². The van der Waals surface area contributed by atoms with Crippen molar-refractivity contribution in [1.29, 1.82) is 0 Å². The lowest BCUT2D eigenvalue weighted by Gasteiger charge is -2.12. The van der Waals surface area contributed by atoms with E-state index in [1.54, 1.807) is 18.0 Å². The molecule has 0 spiro atoms. The number of aryl methyl sites for hydroxylation is 1. The molecule has 1 aliphatic rings. The van der Waals surface area contributed by atoms with Crippen LogP contribution in [0.5, 0.6) is 0 Å². The third-order valence-electron chi connectivity index (χ3n) is 4.95. The Hall–Kier alpha value is -3.12. The second-order valence-electron chi connectivity index (χ2n) is 7.42. The fraction of sp³-hybridized carbons (Fsp3) is 0.208. The van der Waals surface area contributed by atoms with Gasteiger partial charge in [0.05, 0.1) is 0 Å². The molecule has 152 valence electrons. The van der Waals surface area contributed by atoms with E-state index in [4.69, 9.17) is 0 Å². The molecule has 0 radical (unpaired) electrons. The van der Waals surface area contributed by atoms with Gasteiger partial charge in [-0.1, -0.05) is 12.1 Å². The zero-order valence-corrected chi connectivity index (χ0v) is 17.5. The minimum atomic E-state index is -0.174. The van der Waals surface area contributed by atoms with Crippen LogP contribution in [-0.4, -0.2) is 16.8 Å². The molecule has 0 aliphatic heterocycles. The average Bonchev–Trinajstić information content (AvgIpc) is 3.61. The number of nitrogens with one attached hydrogen (secondary N) is 2. The van der Waals surface area contributed by atoms with Crippen LogP contribution in [0.15, 0.2) is 71.9 Å². The minimum absolute atomic E-state index is 0.0514. The fourth-order valence-corrected chi connectivity index (χ4v) is 3.80. The average molecular weight is 418 g/mol. The largest absolute Gasteiger partial charge is 0.326 e. The smallest absolute Gasteiger partial charge is 0.255 e. The number of nitrogens with zero attached hydrogens (tertiary/aromatic N) is 1. The molecule has 1 aromatic heterocycles. The maximum absolute atomic E-state index is 12.7. The molecule has 6 heteroatoms. The van der Waals surface area contributed by atoms with Crippen molar-refractivity contribution in [3.63, 3.8) is 0 Å². The summed E-state index contributed by atoms with van der Waals surface area (Å²) in [5.74, 6) is 0.847. The van der Waals surface area contributed by atoms with Gasteiger partial charge in [-0.05, 0) is 73.4 Å². The SMILES string of the molecule is Cc1ccc(NC(=O)C2CC2)cc1NC(=O)c1ccc(SCc2cccnc2)cc1. The Bertz CT molecular complexity index is 1050. The summed E-state index contributed by atoms with van der Waals surface area (Å²) >= 11 is 1.70. The Morgan fingerprint density at radius 2 is 1.87 bits per heavy atom. The van der Waals surface area contributed by atoms with Crippen molar-refractivity contribution in [2.24, 2.45) is 5.92 Å². The highest BCUT2D eigenvalue weighted by molar-refractivity contribution is 7.98. The first kappa shape index (κ1) is 20.2. The van der Waals surface area contributed by atoms with E-state index in [1.807, 2.05) is 67.7 Å². The van der Waals surface area contributed by atoms with Crippen LogP contribution < -0.4 is 10.6 Å². The van der Waals surface area contributed by atoms with E-state index in [0.717, 1.165) is 34.6 Å². The van der Waals surface area contributed by atoms with Crippen LogP contribution in [0.4, 0.5) is 11.4 Å². The van der Waals surface area contributed by atoms with Crippen LogP contribution >= 0.6 is 11.8 Å². The maximum Gasteiger partial charge on any atom is 0.255 e. The van der Waals surface area contributed by atoms with Gasteiger partial charge < -0.3 is 10.6 Å². The number of aromatic nitrogens is 1. The summed E-state index contributed by atoms with van der Waals surface area (Å²) in [7, 11) is 0. The van der Waals surface area contributed by atoms with Crippen LogP contribution in [-0.2, 0) is 10.5 Å². The molecule has 0 saturated heterocycles. The first-order valence-electron chi connectivity index (χ1n) is 9.93. The Labute approximate surface area is 180 Å². The summed E-state index contributed by atoms with van der Waals surface area (Å²) in [4.78, 5) is 29.9. The van der Waals surface area contributed by atoms with Gasteiger partial charge in [-0.2, -0.15) is 0 Å². The van der Waals surface area contributed by atoms with Gasteiger partial charge >= 0.3 is 0 Å². The van der Waals surface area contributed by atoms with Gasteiger partial charge in [-0.15, -0.1) is 11.8 Å². The maximum atomic E-state index is 12.7. The second-order valence-corrected chi connectivity index (χ2v) is 8.47. The Morgan fingerprint density at radius 3 is 2.57 bits per heavy atom. The number of benzene rings is 2. The normalized spacial score (nSPS) is 13.0. The van der Waals surface area contributed by atoms with Crippen molar-refractivity contribution in [3.05, 3.63) is 83.7 Å². The van der Waals surface area contributed by atoms with Crippen molar-refractivity contribution in [2.75, 3.05) is 10.6 Å². The number of hydrogen-bond donors (Lipinski definition) is 2. The predicted octanol–water partition coefficient (Wildman–Crippen LogP) is 5.28. The van der Waals surface area contributed by atoms with Crippen LogP contribution in [0, 0.1) is 12.8 Å². The quantitative estimate of drug-likeness (QED) is 0.513. The Kier molecular flexibility index (Phi) is 6.14. The van der Waals surface area contributed by atoms with Crippen molar-refractivity contribution < 1.29 is 9.59 Å². The molecular weight excluding hydrogens is 394 g/mol. The highest BCUT2D eigenvalue weighted by Crippen LogP contribution is 2.31. The monoisotopic (exact) mass is 417 g/mol. The van der Waals surface area contributed by atoms with Crippen LogP contribution in [0.2, 0.25) is 0 Å². The molecule has 4 rings (SSSR count). The van der Waals surface area contributed by atoms with Crippen molar-refractivity contribution in [1.82, 2.24) is 4.98 Å². The van der Waals surface area contributed by atoms with E-state index in [-0.39, 0.29) is 17.7 Å². The van der Waals surface area contributed by atoms with Crippen molar-refractivity contribution in [3.8, 4) is 0 Å². The molecule has 0 atom stereocenters. The Balaban J connectivity index is 1.37. The number of pyridine rings is 1. The lowest BCUT2D eigenvalue weighted by atomic mass is 10.1.